The predicted octanol–water partition coefficient (Wildman–Crippen LogP) is 4.57. The lowest BCUT2D eigenvalue weighted by Crippen LogP contribution is -2.14. The Morgan fingerprint density at radius 1 is 0.958 bits per heavy atom. The van der Waals surface area contributed by atoms with Gasteiger partial charge >= 0.3 is 0 Å². The van der Waals surface area contributed by atoms with Gasteiger partial charge < -0.3 is 10.2 Å². The van der Waals surface area contributed by atoms with E-state index in [2.05, 4.69) is 15.3 Å². The third-order valence-electron chi connectivity index (χ3n) is 3.48. The molecule has 0 saturated heterocycles. The average molecular weight is 326 g/mol. The van der Waals surface area contributed by atoms with Crippen molar-refractivity contribution < 1.29 is 8.78 Å². The highest BCUT2D eigenvalue weighted by Crippen LogP contribution is 2.24. The molecule has 24 heavy (non-hydrogen) atoms. The minimum atomic E-state index is -0.677. The van der Waals surface area contributed by atoms with E-state index in [1.165, 1.54) is 12.1 Å². The number of aryl methyl sites for hydroxylation is 1. The fourth-order valence-electron chi connectivity index (χ4n) is 2.26. The van der Waals surface area contributed by atoms with Crippen LogP contribution in [-0.4, -0.2) is 17.0 Å². The first kappa shape index (κ1) is 15.9. The molecule has 1 heterocycles. The first-order chi connectivity index (χ1) is 11.5. The molecule has 0 saturated carbocycles. The van der Waals surface area contributed by atoms with Crippen LogP contribution in [0.5, 0.6) is 0 Å². The Bertz CT molecular complexity index is 853. The van der Waals surface area contributed by atoms with E-state index in [0.29, 0.717) is 11.8 Å². The van der Waals surface area contributed by atoms with Crippen LogP contribution in [0.3, 0.4) is 0 Å². The molecule has 0 aliphatic rings. The summed E-state index contributed by atoms with van der Waals surface area (Å²) in [6, 6.07) is 14.7. The molecular weight excluding hydrogens is 310 g/mol. The van der Waals surface area contributed by atoms with Gasteiger partial charge in [0.05, 0.1) is 5.69 Å². The molecule has 0 spiro atoms. The lowest BCUT2D eigenvalue weighted by atomic mass is 10.3. The van der Waals surface area contributed by atoms with Crippen molar-refractivity contribution in [2.75, 3.05) is 17.3 Å². The van der Waals surface area contributed by atoms with Gasteiger partial charge in [-0.1, -0.05) is 18.2 Å². The Kier molecular flexibility index (Phi) is 4.37. The number of para-hydroxylation sites is 1. The van der Waals surface area contributed by atoms with E-state index in [9.17, 15) is 8.78 Å². The maximum atomic E-state index is 13.8. The molecule has 0 amide bonds. The van der Waals surface area contributed by atoms with Crippen molar-refractivity contribution in [2.45, 2.75) is 6.92 Å². The molecule has 0 aliphatic carbocycles. The summed E-state index contributed by atoms with van der Waals surface area (Å²) in [4.78, 5) is 10.7. The number of halogens is 2. The van der Waals surface area contributed by atoms with E-state index >= 15 is 0 Å². The number of nitrogens with one attached hydrogen (secondary N) is 1. The standard InChI is InChI=1S/C18H16F2N4/c1-12-10-17(22-16-9-8-13(19)11-15(16)20)23-18(21-12)24(2)14-6-4-3-5-7-14/h3-11H,1-2H3,(H,21,22,23). The molecule has 6 heteroatoms. The lowest BCUT2D eigenvalue weighted by molar-refractivity contribution is 0.586. The topological polar surface area (TPSA) is 41.1 Å². The normalized spacial score (nSPS) is 10.5. The summed E-state index contributed by atoms with van der Waals surface area (Å²) in [6.07, 6.45) is 0. The van der Waals surface area contributed by atoms with Crippen molar-refractivity contribution in [3.63, 3.8) is 0 Å². The molecular formula is C18H16F2N4. The van der Waals surface area contributed by atoms with Gasteiger partial charge in [-0.2, -0.15) is 4.98 Å². The number of hydrogen-bond acceptors (Lipinski definition) is 4. The van der Waals surface area contributed by atoms with Gasteiger partial charge in [-0.05, 0) is 31.2 Å². The highest BCUT2D eigenvalue weighted by atomic mass is 19.1. The third kappa shape index (κ3) is 3.48. The summed E-state index contributed by atoms with van der Waals surface area (Å²) in [5.74, 6) is -0.386. The molecule has 122 valence electrons. The summed E-state index contributed by atoms with van der Waals surface area (Å²) in [7, 11) is 1.85. The zero-order chi connectivity index (χ0) is 17.1. The first-order valence-corrected chi connectivity index (χ1v) is 7.39. The second-order valence-electron chi connectivity index (χ2n) is 5.34. The number of hydrogen-bond donors (Lipinski definition) is 1. The molecule has 0 radical (unpaired) electrons. The second kappa shape index (κ2) is 6.62. The van der Waals surface area contributed by atoms with Crippen LogP contribution >= 0.6 is 0 Å². The maximum absolute atomic E-state index is 13.8. The van der Waals surface area contributed by atoms with Crippen molar-refractivity contribution in [1.29, 1.82) is 0 Å². The molecule has 0 fully saturated rings. The van der Waals surface area contributed by atoms with E-state index in [1.54, 1.807) is 6.07 Å². The zero-order valence-corrected chi connectivity index (χ0v) is 13.3. The quantitative estimate of drug-likeness (QED) is 0.762. The maximum Gasteiger partial charge on any atom is 0.231 e. The van der Waals surface area contributed by atoms with Crippen LogP contribution in [0.4, 0.5) is 31.9 Å². The smallest absolute Gasteiger partial charge is 0.231 e. The van der Waals surface area contributed by atoms with Gasteiger partial charge in [0, 0.05) is 30.6 Å². The van der Waals surface area contributed by atoms with E-state index in [0.717, 1.165) is 17.4 Å². The Hall–Kier alpha value is -3.02. The molecule has 1 aromatic heterocycles. The fourth-order valence-corrected chi connectivity index (χ4v) is 2.26. The number of aromatic nitrogens is 2. The van der Waals surface area contributed by atoms with Crippen LogP contribution < -0.4 is 10.2 Å². The summed E-state index contributed by atoms with van der Waals surface area (Å²) in [6.45, 7) is 1.83. The van der Waals surface area contributed by atoms with Gasteiger partial charge in [0.2, 0.25) is 5.95 Å². The Morgan fingerprint density at radius 3 is 2.42 bits per heavy atom. The van der Waals surface area contributed by atoms with Crippen molar-refractivity contribution in [3.8, 4) is 0 Å². The number of anilines is 4. The van der Waals surface area contributed by atoms with Gasteiger partial charge in [-0.3, -0.25) is 0 Å². The average Bonchev–Trinajstić information content (AvgIpc) is 2.57. The highest BCUT2D eigenvalue weighted by Gasteiger charge is 2.11. The van der Waals surface area contributed by atoms with Crippen LogP contribution in [0.25, 0.3) is 0 Å². The van der Waals surface area contributed by atoms with Gasteiger partial charge in [-0.25, -0.2) is 13.8 Å². The van der Waals surface area contributed by atoms with E-state index in [-0.39, 0.29) is 5.69 Å². The summed E-state index contributed by atoms with van der Waals surface area (Å²) in [5, 5.41) is 2.87. The van der Waals surface area contributed by atoms with Crippen molar-refractivity contribution in [1.82, 2.24) is 9.97 Å². The summed E-state index contributed by atoms with van der Waals surface area (Å²) in [5.41, 5.74) is 1.82. The molecule has 0 atom stereocenters. The van der Waals surface area contributed by atoms with E-state index < -0.39 is 11.6 Å². The summed E-state index contributed by atoms with van der Waals surface area (Å²) >= 11 is 0. The fraction of sp³-hybridized carbons (Fsp3) is 0.111. The van der Waals surface area contributed by atoms with Crippen molar-refractivity contribution >= 4 is 23.1 Å². The van der Waals surface area contributed by atoms with Gasteiger partial charge in [0.25, 0.3) is 0 Å². The Labute approximate surface area is 138 Å². The van der Waals surface area contributed by atoms with Gasteiger partial charge in [-0.15, -0.1) is 0 Å². The molecule has 2 aromatic carbocycles. The van der Waals surface area contributed by atoms with E-state index in [1.807, 2.05) is 49.2 Å². The van der Waals surface area contributed by atoms with Crippen LogP contribution in [-0.2, 0) is 0 Å². The molecule has 0 unspecified atom stereocenters. The van der Waals surface area contributed by atoms with Gasteiger partial charge in [0.15, 0.2) is 0 Å². The number of benzene rings is 2. The lowest BCUT2D eigenvalue weighted by Gasteiger charge is -2.18. The first-order valence-electron chi connectivity index (χ1n) is 7.39. The molecule has 3 rings (SSSR count). The van der Waals surface area contributed by atoms with Crippen LogP contribution in [0.1, 0.15) is 5.69 Å². The second-order valence-corrected chi connectivity index (χ2v) is 5.34. The third-order valence-corrected chi connectivity index (χ3v) is 3.48. The molecule has 0 aliphatic heterocycles. The summed E-state index contributed by atoms with van der Waals surface area (Å²) < 4.78 is 26.8. The largest absolute Gasteiger partial charge is 0.338 e. The molecule has 1 N–H and O–H groups in total. The van der Waals surface area contributed by atoms with Crippen LogP contribution in [0.2, 0.25) is 0 Å². The molecule has 0 bridgehead atoms. The van der Waals surface area contributed by atoms with Crippen molar-refractivity contribution in [2.24, 2.45) is 0 Å². The minimum absolute atomic E-state index is 0.155. The number of nitrogens with zero attached hydrogens (tertiary/aromatic N) is 3. The minimum Gasteiger partial charge on any atom is -0.338 e. The Morgan fingerprint density at radius 2 is 1.71 bits per heavy atom. The Balaban J connectivity index is 1.91. The van der Waals surface area contributed by atoms with Crippen LogP contribution in [0.15, 0.2) is 54.6 Å². The zero-order valence-electron chi connectivity index (χ0n) is 13.3. The van der Waals surface area contributed by atoms with Gasteiger partial charge in [0.1, 0.15) is 17.5 Å². The van der Waals surface area contributed by atoms with Crippen molar-refractivity contribution in [3.05, 3.63) is 71.9 Å². The SMILES string of the molecule is Cc1cc(Nc2ccc(F)cc2F)nc(N(C)c2ccccc2)n1. The highest BCUT2D eigenvalue weighted by molar-refractivity contribution is 5.61. The number of rotatable bonds is 4. The predicted molar refractivity (Wildman–Crippen MR) is 90.9 cm³/mol. The monoisotopic (exact) mass is 326 g/mol. The molecule has 3 aromatic rings. The van der Waals surface area contributed by atoms with E-state index in [4.69, 9.17) is 0 Å². The molecule has 4 nitrogen and oxygen atoms in total. The van der Waals surface area contributed by atoms with Crippen LogP contribution in [0, 0.1) is 18.6 Å².